The van der Waals surface area contributed by atoms with Crippen LogP contribution in [0.3, 0.4) is 0 Å². The van der Waals surface area contributed by atoms with Gasteiger partial charge in [-0.15, -0.1) is 0 Å². The standard InChI is InChI=1S/C15H21NO/c1-11-5-6-12(2)13(9-11)16-8-7-15(3,4)14(17)10-16/h5-6,9H,7-8,10H2,1-4H3. The van der Waals surface area contributed by atoms with Gasteiger partial charge in [0.2, 0.25) is 0 Å². The molecular formula is C15H21NO. The van der Waals surface area contributed by atoms with Gasteiger partial charge in [-0.25, -0.2) is 0 Å². The van der Waals surface area contributed by atoms with Gasteiger partial charge in [-0.2, -0.15) is 0 Å². The second kappa shape index (κ2) is 4.17. The van der Waals surface area contributed by atoms with Gasteiger partial charge in [0.25, 0.3) is 0 Å². The third kappa shape index (κ3) is 2.36. The fraction of sp³-hybridized carbons (Fsp3) is 0.533. The number of anilines is 1. The van der Waals surface area contributed by atoms with Gasteiger partial charge in [0.15, 0.2) is 5.78 Å². The minimum atomic E-state index is -0.145. The van der Waals surface area contributed by atoms with Gasteiger partial charge in [0, 0.05) is 17.6 Å². The van der Waals surface area contributed by atoms with Crippen LogP contribution < -0.4 is 4.90 Å². The predicted molar refractivity (Wildman–Crippen MR) is 71.5 cm³/mol. The van der Waals surface area contributed by atoms with Crippen LogP contribution >= 0.6 is 0 Å². The molecule has 17 heavy (non-hydrogen) atoms. The Morgan fingerprint density at radius 1 is 1.24 bits per heavy atom. The summed E-state index contributed by atoms with van der Waals surface area (Å²) >= 11 is 0. The van der Waals surface area contributed by atoms with E-state index in [0.29, 0.717) is 12.3 Å². The molecule has 0 radical (unpaired) electrons. The molecule has 0 saturated carbocycles. The highest BCUT2D eigenvalue weighted by atomic mass is 16.1. The minimum absolute atomic E-state index is 0.145. The number of carbonyl (C=O) groups excluding carboxylic acids is 1. The van der Waals surface area contributed by atoms with E-state index >= 15 is 0 Å². The molecule has 2 heteroatoms. The number of rotatable bonds is 1. The van der Waals surface area contributed by atoms with Crippen molar-refractivity contribution in [3.8, 4) is 0 Å². The molecule has 1 fully saturated rings. The summed E-state index contributed by atoms with van der Waals surface area (Å²) in [7, 11) is 0. The molecule has 2 nitrogen and oxygen atoms in total. The van der Waals surface area contributed by atoms with Crippen molar-refractivity contribution in [3.05, 3.63) is 29.3 Å². The zero-order chi connectivity index (χ0) is 12.6. The SMILES string of the molecule is Cc1ccc(C)c(N2CCC(C)(C)C(=O)C2)c1. The maximum absolute atomic E-state index is 12.1. The second-order valence-electron chi connectivity index (χ2n) is 5.77. The molecule has 1 aliphatic rings. The van der Waals surface area contributed by atoms with Crippen molar-refractivity contribution < 1.29 is 4.79 Å². The summed E-state index contributed by atoms with van der Waals surface area (Å²) in [6.45, 7) is 9.84. The number of benzene rings is 1. The lowest BCUT2D eigenvalue weighted by Crippen LogP contribution is -2.45. The van der Waals surface area contributed by atoms with E-state index in [-0.39, 0.29) is 5.41 Å². The van der Waals surface area contributed by atoms with Crippen LogP contribution in [-0.4, -0.2) is 18.9 Å². The summed E-state index contributed by atoms with van der Waals surface area (Å²) in [6, 6.07) is 6.43. The summed E-state index contributed by atoms with van der Waals surface area (Å²) in [5, 5.41) is 0. The van der Waals surface area contributed by atoms with Crippen molar-refractivity contribution in [1.29, 1.82) is 0 Å². The summed E-state index contributed by atoms with van der Waals surface area (Å²) in [5.41, 5.74) is 3.58. The molecular weight excluding hydrogens is 210 g/mol. The molecule has 1 aromatic rings. The van der Waals surface area contributed by atoms with Gasteiger partial charge < -0.3 is 4.90 Å². The van der Waals surface area contributed by atoms with Gasteiger partial charge >= 0.3 is 0 Å². The Balaban J connectivity index is 2.25. The summed E-state index contributed by atoms with van der Waals surface area (Å²) in [6.07, 6.45) is 0.944. The van der Waals surface area contributed by atoms with E-state index in [1.807, 2.05) is 0 Å². The molecule has 1 heterocycles. The van der Waals surface area contributed by atoms with Crippen molar-refractivity contribution in [2.75, 3.05) is 18.0 Å². The maximum Gasteiger partial charge on any atom is 0.157 e. The highest BCUT2D eigenvalue weighted by Crippen LogP contribution is 2.31. The largest absolute Gasteiger partial charge is 0.364 e. The fourth-order valence-electron chi connectivity index (χ4n) is 2.29. The highest BCUT2D eigenvalue weighted by Gasteiger charge is 2.33. The quantitative estimate of drug-likeness (QED) is 0.740. The van der Waals surface area contributed by atoms with Crippen LogP contribution in [-0.2, 0) is 4.79 Å². The highest BCUT2D eigenvalue weighted by molar-refractivity contribution is 5.89. The van der Waals surface area contributed by atoms with Gasteiger partial charge in [-0.05, 0) is 37.5 Å². The zero-order valence-corrected chi connectivity index (χ0v) is 11.2. The number of Topliss-reactive ketones (excluding diaryl/α,β-unsaturated/α-hetero) is 1. The minimum Gasteiger partial charge on any atom is -0.364 e. The molecule has 1 aliphatic heterocycles. The van der Waals surface area contributed by atoms with Gasteiger partial charge in [-0.1, -0.05) is 26.0 Å². The topological polar surface area (TPSA) is 20.3 Å². The smallest absolute Gasteiger partial charge is 0.157 e. The summed E-state index contributed by atoms with van der Waals surface area (Å²) in [5.74, 6) is 0.352. The monoisotopic (exact) mass is 231 g/mol. The van der Waals surface area contributed by atoms with E-state index in [1.54, 1.807) is 0 Å². The van der Waals surface area contributed by atoms with E-state index in [9.17, 15) is 4.79 Å². The number of piperidine rings is 1. The molecule has 92 valence electrons. The first kappa shape index (κ1) is 12.2. The van der Waals surface area contributed by atoms with Gasteiger partial charge in [0.1, 0.15) is 0 Å². The molecule has 0 spiro atoms. The molecule has 0 bridgehead atoms. The number of hydrogen-bond donors (Lipinski definition) is 0. The molecule has 0 atom stereocenters. The average molecular weight is 231 g/mol. The zero-order valence-electron chi connectivity index (χ0n) is 11.2. The molecule has 1 aromatic carbocycles. The van der Waals surface area contributed by atoms with Crippen molar-refractivity contribution in [2.24, 2.45) is 5.41 Å². The average Bonchev–Trinajstić information content (AvgIpc) is 2.26. The normalized spacial score (nSPS) is 19.5. The van der Waals surface area contributed by atoms with Crippen LogP contribution in [0.2, 0.25) is 0 Å². The Morgan fingerprint density at radius 3 is 2.59 bits per heavy atom. The van der Waals surface area contributed by atoms with Gasteiger partial charge in [-0.3, -0.25) is 4.79 Å². The number of hydrogen-bond acceptors (Lipinski definition) is 2. The number of ketones is 1. The van der Waals surface area contributed by atoms with Crippen molar-refractivity contribution in [3.63, 3.8) is 0 Å². The lowest BCUT2D eigenvalue weighted by atomic mass is 9.81. The Bertz CT molecular complexity index is 448. The molecule has 0 amide bonds. The van der Waals surface area contributed by atoms with Crippen molar-refractivity contribution in [1.82, 2.24) is 0 Å². The first-order chi connectivity index (χ1) is 7.90. The lowest BCUT2D eigenvalue weighted by molar-refractivity contribution is -0.127. The first-order valence-corrected chi connectivity index (χ1v) is 6.26. The Morgan fingerprint density at radius 2 is 1.94 bits per heavy atom. The Labute approximate surface area is 104 Å². The molecule has 1 saturated heterocycles. The van der Waals surface area contributed by atoms with Crippen LogP contribution in [0.15, 0.2) is 18.2 Å². The lowest BCUT2D eigenvalue weighted by Gasteiger charge is -2.37. The van der Waals surface area contributed by atoms with E-state index in [1.165, 1.54) is 16.8 Å². The Hall–Kier alpha value is -1.31. The molecule has 0 N–H and O–H groups in total. The van der Waals surface area contributed by atoms with Crippen LogP contribution in [0.25, 0.3) is 0 Å². The van der Waals surface area contributed by atoms with Gasteiger partial charge in [0.05, 0.1) is 6.54 Å². The van der Waals surface area contributed by atoms with Crippen LogP contribution in [0.1, 0.15) is 31.4 Å². The summed E-state index contributed by atoms with van der Waals surface area (Å²) in [4.78, 5) is 14.3. The van der Waals surface area contributed by atoms with Crippen LogP contribution in [0, 0.1) is 19.3 Å². The predicted octanol–water partition coefficient (Wildman–Crippen LogP) is 3.11. The Kier molecular flexibility index (Phi) is 2.98. The molecule has 0 aromatic heterocycles. The third-order valence-corrected chi connectivity index (χ3v) is 3.80. The number of carbonyl (C=O) groups is 1. The third-order valence-electron chi connectivity index (χ3n) is 3.80. The maximum atomic E-state index is 12.1. The van der Waals surface area contributed by atoms with Crippen molar-refractivity contribution >= 4 is 11.5 Å². The summed E-state index contributed by atoms with van der Waals surface area (Å²) < 4.78 is 0. The first-order valence-electron chi connectivity index (χ1n) is 6.26. The second-order valence-corrected chi connectivity index (χ2v) is 5.77. The van der Waals surface area contributed by atoms with Crippen LogP contribution in [0.5, 0.6) is 0 Å². The fourth-order valence-corrected chi connectivity index (χ4v) is 2.29. The van der Waals surface area contributed by atoms with Crippen molar-refractivity contribution in [2.45, 2.75) is 34.1 Å². The molecule has 2 rings (SSSR count). The van der Waals surface area contributed by atoms with E-state index in [2.05, 4.69) is 50.8 Å². The number of nitrogens with zero attached hydrogens (tertiary/aromatic N) is 1. The van der Waals surface area contributed by atoms with E-state index < -0.39 is 0 Å². The van der Waals surface area contributed by atoms with E-state index in [0.717, 1.165) is 13.0 Å². The molecule has 0 unspecified atom stereocenters. The molecule has 0 aliphatic carbocycles. The number of aryl methyl sites for hydroxylation is 2. The van der Waals surface area contributed by atoms with Crippen LogP contribution in [0.4, 0.5) is 5.69 Å². The van der Waals surface area contributed by atoms with E-state index in [4.69, 9.17) is 0 Å².